The van der Waals surface area contributed by atoms with Crippen molar-refractivity contribution < 1.29 is 26.7 Å². The third kappa shape index (κ3) is 1.92. The number of carbonyl (C=O) groups excluding carboxylic acids is 1. The van der Waals surface area contributed by atoms with Gasteiger partial charge in [-0.25, -0.2) is 17.2 Å². The molecular weight excluding hydrogens is 268 g/mol. The van der Waals surface area contributed by atoms with Crippen LogP contribution >= 0.6 is 0 Å². The van der Waals surface area contributed by atoms with Crippen LogP contribution in [-0.2, 0) is 9.84 Å². The van der Waals surface area contributed by atoms with Crippen molar-refractivity contribution in [3.05, 3.63) is 23.5 Å². The molecule has 18 heavy (non-hydrogen) atoms. The van der Waals surface area contributed by atoms with Crippen molar-refractivity contribution in [1.29, 1.82) is 0 Å². The van der Waals surface area contributed by atoms with Gasteiger partial charge in [0.2, 0.25) is 21.2 Å². The Morgan fingerprint density at radius 3 is 2.72 bits per heavy atom. The fourth-order valence-corrected chi connectivity index (χ4v) is 3.00. The SMILES string of the molecule is NC(=O)c1cc(F)c2c(c1)S(=O)(=O)C(F)CCO2. The molecule has 1 heterocycles. The Morgan fingerprint density at radius 1 is 1.44 bits per heavy atom. The number of halogens is 2. The second kappa shape index (κ2) is 4.20. The number of fused-ring (bicyclic) bond motifs is 1. The molecule has 0 aromatic heterocycles. The zero-order valence-corrected chi connectivity index (χ0v) is 9.84. The molecule has 1 unspecified atom stereocenters. The molecule has 1 amide bonds. The molecule has 2 N–H and O–H groups in total. The normalized spacial score (nSPS) is 21.6. The zero-order chi connectivity index (χ0) is 13.5. The number of hydrogen-bond acceptors (Lipinski definition) is 4. The monoisotopic (exact) mass is 277 g/mol. The number of benzene rings is 1. The molecular formula is C10H9F2NO4S. The fraction of sp³-hybridized carbons (Fsp3) is 0.300. The Labute approximate surface area is 101 Å². The van der Waals surface area contributed by atoms with Crippen molar-refractivity contribution in [2.45, 2.75) is 16.8 Å². The first-order chi connectivity index (χ1) is 8.34. The molecule has 0 bridgehead atoms. The van der Waals surface area contributed by atoms with Crippen molar-refractivity contribution in [2.24, 2.45) is 5.73 Å². The van der Waals surface area contributed by atoms with Gasteiger partial charge in [-0.3, -0.25) is 4.79 Å². The Bertz CT molecular complexity index is 615. The number of ether oxygens (including phenoxy) is 1. The van der Waals surface area contributed by atoms with Gasteiger partial charge in [-0.15, -0.1) is 0 Å². The maximum atomic E-state index is 13.6. The number of rotatable bonds is 1. The molecule has 1 atom stereocenters. The minimum atomic E-state index is -4.38. The smallest absolute Gasteiger partial charge is 0.248 e. The van der Waals surface area contributed by atoms with E-state index in [1.54, 1.807) is 0 Å². The van der Waals surface area contributed by atoms with E-state index in [4.69, 9.17) is 10.5 Å². The lowest BCUT2D eigenvalue weighted by atomic mass is 10.2. The standard InChI is InChI=1S/C10H9F2NO4S/c11-6-3-5(10(13)14)4-7-9(6)17-2-1-8(12)18(7,15)16/h3-4,8H,1-2H2,(H2,13,14). The van der Waals surface area contributed by atoms with Crippen molar-refractivity contribution >= 4 is 15.7 Å². The van der Waals surface area contributed by atoms with Crippen LogP contribution in [0.2, 0.25) is 0 Å². The first-order valence-electron chi connectivity index (χ1n) is 4.98. The number of alkyl halides is 1. The molecule has 2 rings (SSSR count). The van der Waals surface area contributed by atoms with E-state index in [-0.39, 0.29) is 12.2 Å². The minimum absolute atomic E-state index is 0.264. The third-order valence-electron chi connectivity index (χ3n) is 2.53. The van der Waals surface area contributed by atoms with Gasteiger partial charge in [0.15, 0.2) is 11.6 Å². The Balaban J connectivity index is 2.75. The summed E-state index contributed by atoms with van der Waals surface area (Å²) < 4.78 is 55.5. The van der Waals surface area contributed by atoms with Crippen LogP contribution in [0.3, 0.4) is 0 Å². The van der Waals surface area contributed by atoms with Crippen LogP contribution < -0.4 is 10.5 Å². The molecule has 0 radical (unpaired) electrons. The number of hydrogen-bond donors (Lipinski definition) is 1. The fourth-order valence-electron chi connectivity index (χ4n) is 1.61. The highest BCUT2D eigenvalue weighted by molar-refractivity contribution is 7.92. The van der Waals surface area contributed by atoms with E-state index in [9.17, 15) is 22.0 Å². The molecule has 0 aliphatic carbocycles. The highest BCUT2D eigenvalue weighted by atomic mass is 32.2. The van der Waals surface area contributed by atoms with Crippen molar-refractivity contribution in [2.75, 3.05) is 6.61 Å². The Kier molecular flexibility index (Phi) is 2.97. The van der Waals surface area contributed by atoms with Crippen LogP contribution in [0.15, 0.2) is 17.0 Å². The largest absolute Gasteiger partial charge is 0.489 e. The molecule has 1 aliphatic rings. The second-order valence-electron chi connectivity index (χ2n) is 3.74. The average Bonchev–Trinajstić information content (AvgIpc) is 2.39. The van der Waals surface area contributed by atoms with Gasteiger partial charge in [0.1, 0.15) is 4.90 Å². The summed E-state index contributed by atoms with van der Waals surface area (Å²) in [7, 11) is -4.38. The molecule has 0 spiro atoms. The number of primary amides is 1. The summed E-state index contributed by atoms with van der Waals surface area (Å²) in [5.74, 6) is -2.63. The molecule has 0 saturated carbocycles. The highest BCUT2D eigenvalue weighted by Gasteiger charge is 2.35. The van der Waals surface area contributed by atoms with Gasteiger partial charge in [-0.2, -0.15) is 0 Å². The molecule has 1 aliphatic heterocycles. The predicted octanol–water partition coefficient (Wildman–Crippen LogP) is 0.776. The molecule has 98 valence electrons. The van der Waals surface area contributed by atoms with E-state index in [1.807, 2.05) is 0 Å². The van der Waals surface area contributed by atoms with E-state index in [2.05, 4.69) is 0 Å². The number of nitrogens with two attached hydrogens (primary N) is 1. The van der Waals surface area contributed by atoms with Crippen molar-refractivity contribution in [3.8, 4) is 5.75 Å². The van der Waals surface area contributed by atoms with E-state index < -0.39 is 44.1 Å². The summed E-state index contributed by atoms with van der Waals surface area (Å²) in [6.07, 6.45) is -0.400. The van der Waals surface area contributed by atoms with Crippen LogP contribution in [-0.4, -0.2) is 26.4 Å². The van der Waals surface area contributed by atoms with Crippen LogP contribution in [0.25, 0.3) is 0 Å². The van der Waals surface area contributed by atoms with Gasteiger partial charge in [0.25, 0.3) is 0 Å². The first-order valence-corrected chi connectivity index (χ1v) is 6.53. The lowest BCUT2D eigenvalue weighted by Crippen LogP contribution is -2.17. The Morgan fingerprint density at radius 2 is 2.11 bits per heavy atom. The van der Waals surface area contributed by atoms with Crippen LogP contribution in [0.1, 0.15) is 16.8 Å². The zero-order valence-electron chi connectivity index (χ0n) is 9.02. The summed E-state index contributed by atoms with van der Waals surface area (Å²) in [4.78, 5) is 10.3. The van der Waals surface area contributed by atoms with E-state index >= 15 is 0 Å². The summed E-state index contributed by atoms with van der Waals surface area (Å²) >= 11 is 0. The second-order valence-corrected chi connectivity index (χ2v) is 5.78. The molecule has 0 fully saturated rings. The van der Waals surface area contributed by atoms with Gasteiger partial charge >= 0.3 is 0 Å². The lowest BCUT2D eigenvalue weighted by molar-refractivity contribution is 0.0999. The molecule has 8 heteroatoms. The number of amides is 1. The minimum Gasteiger partial charge on any atom is -0.489 e. The van der Waals surface area contributed by atoms with Gasteiger partial charge in [0, 0.05) is 12.0 Å². The predicted molar refractivity (Wildman–Crippen MR) is 57.1 cm³/mol. The highest BCUT2D eigenvalue weighted by Crippen LogP contribution is 2.35. The van der Waals surface area contributed by atoms with Gasteiger partial charge in [-0.05, 0) is 12.1 Å². The molecule has 1 aromatic rings. The number of sulfone groups is 1. The van der Waals surface area contributed by atoms with Crippen molar-refractivity contribution in [1.82, 2.24) is 0 Å². The maximum absolute atomic E-state index is 13.6. The summed E-state index contributed by atoms with van der Waals surface area (Å²) in [5.41, 5.74) is 2.40. The number of carbonyl (C=O) groups is 1. The van der Waals surface area contributed by atoms with Crippen LogP contribution in [0.4, 0.5) is 8.78 Å². The van der Waals surface area contributed by atoms with Crippen LogP contribution in [0.5, 0.6) is 5.75 Å². The van der Waals surface area contributed by atoms with E-state index in [0.29, 0.717) is 0 Å². The van der Waals surface area contributed by atoms with E-state index in [1.165, 1.54) is 0 Å². The first kappa shape index (κ1) is 12.7. The molecule has 0 saturated heterocycles. The Hall–Kier alpha value is -1.70. The maximum Gasteiger partial charge on any atom is 0.248 e. The van der Waals surface area contributed by atoms with Crippen LogP contribution in [0, 0.1) is 5.82 Å². The third-order valence-corrected chi connectivity index (χ3v) is 4.35. The quantitative estimate of drug-likeness (QED) is 0.821. The van der Waals surface area contributed by atoms with Gasteiger partial charge in [0.05, 0.1) is 6.61 Å². The summed E-state index contributed by atoms with van der Waals surface area (Å²) in [6.45, 7) is -0.264. The average molecular weight is 277 g/mol. The lowest BCUT2D eigenvalue weighted by Gasteiger charge is -2.09. The molecule has 5 nitrogen and oxygen atoms in total. The molecule has 1 aromatic carbocycles. The van der Waals surface area contributed by atoms with E-state index in [0.717, 1.165) is 12.1 Å². The summed E-state index contributed by atoms with van der Waals surface area (Å²) in [5, 5.41) is 0. The van der Waals surface area contributed by atoms with Gasteiger partial charge < -0.3 is 10.5 Å². The van der Waals surface area contributed by atoms with Gasteiger partial charge in [-0.1, -0.05) is 0 Å². The van der Waals surface area contributed by atoms with Crippen molar-refractivity contribution in [3.63, 3.8) is 0 Å². The summed E-state index contributed by atoms with van der Waals surface area (Å²) in [6, 6.07) is 1.59. The topological polar surface area (TPSA) is 86.5 Å².